The molecule has 0 radical (unpaired) electrons. The molecule has 25 heavy (non-hydrogen) atoms. The van der Waals surface area contributed by atoms with Gasteiger partial charge in [0, 0.05) is 39.9 Å². The van der Waals surface area contributed by atoms with Gasteiger partial charge in [-0.05, 0) is 31.0 Å². The number of nitrogens with zero attached hydrogens (tertiary/aromatic N) is 1. The number of pyridine rings is 1. The van der Waals surface area contributed by atoms with E-state index in [1.807, 2.05) is 30.5 Å². The van der Waals surface area contributed by atoms with Crippen molar-refractivity contribution in [2.45, 2.75) is 19.8 Å². The molecule has 4 rings (SSSR count). The standard InChI is InChI=1S/C18H15N3O3S/c1-9-20-14(8-25-9)10-2-4-13-12(6-10)16-11(3-5-15(22)23)7-19-17(16)18(24)21-13/h2,4,6-8,19H,3,5H2,1H3,(H,21,24)(H,22,23). The zero-order valence-electron chi connectivity index (χ0n) is 13.4. The van der Waals surface area contributed by atoms with Crippen LogP contribution in [-0.2, 0) is 11.2 Å². The minimum atomic E-state index is -0.859. The zero-order valence-corrected chi connectivity index (χ0v) is 14.2. The normalized spacial score (nSPS) is 11.4. The number of aryl methyl sites for hydroxylation is 2. The van der Waals surface area contributed by atoms with Crippen molar-refractivity contribution in [2.24, 2.45) is 0 Å². The minimum absolute atomic E-state index is 0.0201. The maximum atomic E-state index is 12.3. The van der Waals surface area contributed by atoms with Gasteiger partial charge in [0.25, 0.3) is 5.56 Å². The summed E-state index contributed by atoms with van der Waals surface area (Å²) in [6, 6.07) is 5.80. The van der Waals surface area contributed by atoms with E-state index in [1.54, 1.807) is 17.5 Å². The van der Waals surface area contributed by atoms with E-state index in [0.717, 1.165) is 38.1 Å². The lowest BCUT2D eigenvalue weighted by Gasteiger charge is -2.05. The molecule has 0 saturated carbocycles. The topological polar surface area (TPSA) is 98.8 Å². The fourth-order valence-electron chi connectivity index (χ4n) is 3.09. The van der Waals surface area contributed by atoms with Crippen LogP contribution in [0.2, 0.25) is 0 Å². The van der Waals surface area contributed by atoms with Crippen LogP contribution < -0.4 is 5.56 Å². The lowest BCUT2D eigenvalue weighted by molar-refractivity contribution is -0.136. The number of hydrogen-bond acceptors (Lipinski definition) is 4. The van der Waals surface area contributed by atoms with E-state index < -0.39 is 5.97 Å². The van der Waals surface area contributed by atoms with E-state index in [9.17, 15) is 9.59 Å². The van der Waals surface area contributed by atoms with E-state index in [0.29, 0.717) is 11.9 Å². The minimum Gasteiger partial charge on any atom is -0.481 e. The first-order chi connectivity index (χ1) is 12.0. The summed E-state index contributed by atoms with van der Waals surface area (Å²) in [5, 5.41) is 13.6. The number of H-pyrrole nitrogens is 2. The summed E-state index contributed by atoms with van der Waals surface area (Å²) < 4.78 is 0. The van der Waals surface area contributed by atoms with Crippen molar-refractivity contribution in [3.05, 3.63) is 50.7 Å². The fraction of sp³-hybridized carbons (Fsp3) is 0.167. The molecule has 0 fully saturated rings. The molecule has 6 nitrogen and oxygen atoms in total. The molecule has 3 N–H and O–H groups in total. The van der Waals surface area contributed by atoms with Gasteiger partial charge in [-0.2, -0.15) is 0 Å². The third-order valence-electron chi connectivity index (χ3n) is 4.25. The molecular weight excluding hydrogens is 338 g/mol. The first-order valence-corrected chi connectivity index (χ1v) is 8.71. The molecule has 3 aromatic heterocycles. The highest BCUT2D eigenvalue weighted by molar-refractivity contribution is 7.09. The maximum absolute atomic E-state index is 12.3. The number of thiazole rings is 1. The largest absolute Gasteiger partial charge is 0.481 e. The Hall–Kier alpha value is -2.93. The van der Waals surface area contributed by atoms with Crippen molar-refractivity contribution in [1.82, 2.24) is 15.0 Å². The van der Waals surface area contributed by atoms with Crippen LogP contribution in [0.4, 0.5) is 0 Å². The van der Waals surface area contributed by atoms with Gasteiger partial charge in [0.15, 0.2) is 0 Å². The van der Waals surface area contributed by atoms with E-state index in [2.05, 4.69) is 15.0 Å². The summed E-state index contributed by atoms with van der Waals surface area (Å²) in [5.74, 6) is -0.859. The van der Waals surface area contributed by atoms with Crippen LogP contribution in [0.5, 0.6) is 0 Å². The number of aromatic amines is 2. The Morgan fingerprint density at radius 2 is 2.20 bits per heavy atom. The smallest absolute Gasteiger partial charge is 0.303 e. The molecule has 126 valence electrons. The van der Waals surface area contributed by atoms with Crippen LogP contribution in [0.15, 0.2) is 34.6 Å². The summed E-state index contributed by atoms with van der Waals surface area (Å²) in [7, 11) is 0. The lowest BCUT2D eigenvalue weighted by Crippen LogP contribution is -2.06. The third-order valence-corrected chi connectivity index (χ3v) is 5.02. The molecule has 0 spiro atoms. The number of fused-ring (bicyclic) bond motifs is 3. The van der Waals surface area contributed by atoms with Gasteiger partial charge in [0.1, 0.15) is 5.52 Å². The molecule has 0 aliphatic rings. The van der Waals surface area contributed by atoms with Gasteiger partial charge in [0.05, 0.1) is 10.7 Å². The maximum Gasteiger partial charge on any atom is 0.303 e. The number of aliphatic carboxylic acids is 1. The average Bonchev–Trinajstić information content (AvgIpc) is 3.20. The Bertz CT molecular complexity index is 1170. The van der Waals surface area contributed by atoms with Crippen LogP contribution in [0, 0.1) is 6.92 Å². The summed E-state index contributed by atoms with van der Waals surface area (Å²) >= 11 is 1.59. The van der Waals surface area contributed by atoms with Crippen LogP contribution in [-0.4, -0.2) is 26.0 Å². The van der Waals surface area contributed by atoms with Crippen molar-refractivity contribution >= 4 is 39.1 Å². The lowest BCUT2D eigenvalue weighted by atomic mass is 10.0. The third kappa shape index (κ3) is 2.72. The number of carbonyl (C=O) groups is 1. The monoisotopic (exact) mass is 353 g/mol. The fourth-order valence-corrected chi connectivity index (χ4v) is 3.71. The summed E-state index contributed by atoms with van der Waals surface area (Å²) in [6.07, 6.45) is 2.11. The first-order valence-electron chi connectivity index (χ1n) is 7.83. The van der Waals surface area contributed by atoms with Gasteiger partial charge in [-0.25, -0.2) is 4.98 Å². The van der Waals surface area contributed by atoms with Crippen molar-refractivity contribution in [3.8, 4) is 11.3 Å². The SMILES string of the molecule is Cc1nc(-c2ccc3[nH]c(=O)c4[nH]cc(CCC(=O)O)c4c3c2)cs1. The van der Waals surface area contributed by atoms with Gasteiger partial charge < -0.3 is 15.1 Å². The predicted octanol–water partition coefficient (Wildman–Crippen LogP) is 3.46. The first kappa shape index (κ1) is 15.6. The zero-order chi connectivity index (χ0) is 17.6. The van der Waals surface area contributed by atoms with Gasteiger partial charge >= 0.3 is 5.97 Å². The van der Waals surface area contributed by atoms with E-state index in [4.69, 9.17) is 5.11 Å². The molecule has 0 saturated heterocycles. The van der Waals surface area contributed by atoms with Gasteiger partial charge in [-0.15, -0.1) is 11.3 Å². The highest BCUT2D eigenvalue weighted by Gasteiger charge is 2.14. The molecular formula is C18H15N3O3S. The van der Waals surface area contributed by atoms with E-state index in [1.165, 1.54) is 0 Å². The van der Waals surface area contributed by atoms with Crippen LogP contribution >= 0.6 is 11.3 Å². The quantitative estimate of drug-likeness (QED) is 0.523. The highest BCUT2D eigenvalue weighted by Crippen LogP contribution is 2.30. The number of rotatable bonds is 4. The molecule has 4 aromatic rings. The average molecular weight is 353 g/mol. The molecule has 0 amide bonds. The molecule has 0 bridgehead atoms. The number of carboxylic acid groups (broad SMARTS) is 1. The van der Waals surface area contributed by atoms with Crippen LogP contribution in [0.3, 0.4) is 0 Å². The molecule has 3 heterocycles. The van der Waals surface area contributed by atoms with Crippen molar-refractivity contribution < 1.29 is 9.90 Å². The van der Waals surface area contributed by atoms with E-state index >= 15 is 0 Å². The molecule has 0 unspecified atom stereocenters. The number of carboxylic acids is 1. The molecule has 1 aromatic carbocycles. The van der Waals surface area contributed by atoms with Crippen LogP contribution in [0.25, 0.3) is 33.1 Å². The summed E-state index contributed by atoms with van der Waals surface area (Å²) in [4.78, 5) is 33.6. The number of benzene rings is 1. The van der Waals surface area contributed by atoms with Gasteiger partial charge in [-0.3, -0.25) is 9.59 Å². The van der Waals surface area contributed by atoms with Crippen molar-refractivity contribution in [2.75, 3.05) is 0 Å². The Balaban J connectivity index is 1.97. The summed E-state index contributed by atoms with van der Waals surface area (Å²) in [6.45, 7) is 1.96. The van der Waals surface area contributed by atoms with Crippen molar-refractivity contribution in [1.29, 1.82) is 0 Å². The van der Waals surface area contributed by atoms with Crippen molar-refractivity contribution in [3.63, 3.8) is 0 Å². The highest BCUT2D eigenvalue weighted by atomic mass is 32.1. The summed E-state index contributed by atoms with van der Waals surface area (Å²) in [5.41, 5.74) is 3.69. The second kappa shape index (κ2) is 5.86. The Morgan fingerprint density at radius 1 is 1.36 bits per heavy atom. The second-order valence-electron chi connectivity index (χ2n) is 5.92. The van der Waals surface area contributed by atoms with Crippen LogP contribution in [0.1, 0.15) is 17.0 Å². The molecule has 0 atom stereocenters. The number of hydrogen-bond donors (Lipinski definition) is 3. The number of nitrogens with one attached hydrogen (secondary N) is 2. The predicted molar refractivity (Wildman–Crippen MR) is 98.2 cm³/mol. The van der Waals surface area contributed by atoms with Gasteiger partial charge in [0.2, 0.25) is 0 Å². The molecule has 0 aliphatic heterocycles. The Kier molecular flexibility index (Phi) is 3.65. The Labute approximate surface area is 146 Å². The van der Waals surface area contributed by atoms with E-state index in [-0.39, 0.29) is 12.0 Å². The van der Waals surface area contributed by atoms with Gasteiger partial charge in [-0.1, -0.05) is 6.07 Å². The molecule has 7 heteroatoms. The number of aromatic nitrogens is 3. The molecule has 0 aliphatic carbocycles. The second-order valence-corrected chi connectivity index (χ2v) is 6.99. The Morgan fingerprint density at radius 3 is 2.92 bits per heavy atom.